The van der Waals surface area contributed by atoms with Gasteiger partial charge in [0.25, 0.3) is 0 Å². The Morgan fingerprint density at radius 1 is 1.07 bits per heavy atom. The number of benzene rings is 1. The highest BCUT2D eigenvalue weighted by molar-refractivity contribution is 5.49. The van der Waals surface area contributed by atoms with Crippen molar-refractivity contribution in [1.82, 2.24) is 5.01 Å². The molecule has 15 heavy (non-hydrogen) atoms. The van der Waals surface area contributed by atoms with Crippen LogP contribution in [-0.2, 0) is 0 Å². The van der Waals surface area contributed by atoms with Crippen LogP contribution in [0.5, 0.6) is 5.75 Å². The van der Waals surface area contributed by atoms with E-state index in [0.29, 0.717) is 0 Å². The van der Waals surface area contributed by atoms with Crippen LogP contribution >= 0.6 is 0 Å². The number of hydrogen-bond donors (Lipinski definition) is 1. The monoisotopic (exact) mass is 207 g/mol. The molecule has 1 fully saturated rings. The number of nitrogens with two attached hydrogens (primary N) is 1. The van der Waals surface area contributed by atoms with Gasteiger partial charge in [-0.1, -0.05) is 0 Å². The van der Waals surface area contributed by atoms with Crippen LogP contribution in [0, 0.1) is 0 Å². The molecule has 4 nitrogen and oxygen atoms in total. The minimum atomic E-state index is 0.899. The minimum absolute atomic E-state index is 0.899. The Bertz CT molecular complexity index is 304. The molecule has 4 heteroatoms. The zero-order valence-corrected chi connectivity index (χ0v) is 9.02. The summed E-state index contributed by atoms with van der Waals surface area (Å²) in [5.41, 5.74) is 1.24. The molecule has 0 unspecified atom stereocenters. The molecule has 82 valence electrons. The van der Waals surface area contributed by atoms with Gasteiger partial charge in [0.15, 0.2) is 0 Å². The van der Waals surface area contributed by atoms with Gasteiger partial charge in [0.2, 0.25) is 0 Å². The van der Waals surface area contributed by atoms with E-state index < -0.39 is 0 Å². The van der Waals surface area contributed by atoms with Gasteiger partial charge in [-0.3, -0.25) is 5.84 Å². The van der Waals surface area contributed by atoms with Crippen molar-refractivity contribution in [2.45, 2.75) is 0 Å². The van der Waals surface area contributed by atoms with Crippen LogP contribution in [0.25, 0.3) is 0 Å². The van der Waals surface area contributed by atoms with Crippen molar-refractivity contribution in [2.75, 3.05) is 38.2 Å². The van der Waals surface area contributed by atoms with Crippen molar-refractivity contribution >= 4 is 5.69 Å². The van der Waals surface area contributed by atoms with E-state index in [1.807, 2.05) is 17.1 Å². The fourth-order valence-corrected chi connectivity index (χ4v) is 1.77. The number of rotatable bonds is 2. The Balaban J connectivity index is 2.03. The van der Waals surface area contributed by atoms with Crippen LogP contribution in [0.2, 0.25) is 0 Å². The first-order valence-electron chi connectivity index (χ1n) is 5.18. The number of methoxy groups -OCH3 is 1. The van der Waals surface area contributed by atoms with Crippen molar-refractivity contribution < 1.29 is 4.74 Å². The first kappa shape index (κ1) is 10.3. The van der Waals surface area contributed by atoms with E-state index >= 15 is 0 Å². The molecular formula is C11H17N3O. The second kappa shape index (κ2) is 4.51. The molecule has 1 aromatic carbocycles. The van der Waals surface area contributed by atoms with Crippen LogP contribution in [0.4, 0.5) is 5.69 Å². The molecule has 1 aliphatic heterocycles. The summed E-state index contributed by atoms with van der Waals surface area (Å²) < 4.78 is 5.13. The Hall–Kier alpha value is -1.26. The first-order chi connectivity index (χ1) is 7.29. The summed E-state index contributed by atoms with van der Waals surface area (Å²) in [6.07, 6.45) is 0. The van der Waals surface area contributed by atoms with Crippen molar-refractivity contribution in [3.63, 3.8) is 0 Å². The first-order valence-corrected chi connectivity index (χ1v) is 5.18. The van der Waals surface area contributed by atoms with E-state index in [2.05, 4.69) is 17.0 Å². The van der Waals surface area contributed by atoms with E-state index in [9.17, 15) is 0 Å². The fraction of sp³-hybridized carbons (Fsp3) is 0.455. The molecule has 1 heterocycles. The number of nitrogens with zero attached hydrogens (tertiary/aromatic N) is 2. The van der Waals surface area contributed by atoms with Crippen LogP contribution < -0.4 is 15.5 Å². The Morgan fingerprint density at radius 3 is 2.20 bits per heavy atom. The third-order valence-corrected chi connectivity index (χ3v) is 2.75. The SMILES string of the molecule is COc1ccc(N2CCN(N)CC2)cc1. The molecule has 2 N–H and O–H groups in total. The summed E-state index contributed by atoms with van der Waals surface area (Å²) in [6, 6.07) is 8.16. The largest absolute Gasteiger partial charge is 0.497 e. The number of hydrogen-bond acceptors (Lipinski definition) is 4. The molecule has 0 spiro atoms. The molecule has 0 bridgehead atoms. The smallest absolute Gasteiger partial charge is 0.119 e. The highest BCUT2D eigenvalue weighted by atomic mass is 16.5. The van der Waals surface area contributed by atoms with Gasteiger partial charge in [0.1, 0.15) is 5.75 Å². The number of piperazine rings is 1. The van der Waals surface area contributed by atoms with E-state index in [-0.39, 0.29) is 0 Å². The van der Waals surface area contributed by atoms with Crippen molar-refractivity contribution in [3.05, 3.63) is 24.3 Å². The minimum Gasteiger partial charge on any atom is -0.497 e. The van der Waals surface area contributed by atoms with Crippen LogP contribution in [0.3, 0.4) is 0 Å². The Kier molecular flexibility index (Phi) is 3.08. The average Bonchev–Trinajstić information content (AvgIpc) is 2.30. The van der Waals surface area contributed by atoms with Gasteiger partial charge in [0, 0.05) is 31.9 Å². The second-order valence-corrected chi connectivity index (χ2v) is 3.72. The molecule has 0 amide bonds. The highest BCUT2D eigenvalue weighted by Crippen LogP contribution is 2.19. The van der Waals surface area contributed by atoms with Crippen LogP contribution in [0.15, 0.2) is 24.3 Å². The number of anilines is 1. The van der Waals surface area contributed by atoms with Gasteiger partial charge in [-0.05, 0) is 24.3 Å². The lowest BCUT2D eigenvalue weighted by molar-refractivity contribution is 0.266. The maximum Gasteiger partial charge on any atom is 0.119 e. The zero-order chi connectivity index (χ0) is 10.7. The van der Waals surface area contributed by atoms with E-state index in [1.165, 1.54) is 5.69 Å². The van der Waals surface area contributed by atoms with Gasteiger partial charge in [0.05, 0.1) is 7.11 Å². The summed E-state index contributed by atoms with van der Waals surface area (Å²) in [5, 5.41) is 1.86. The van der Waals surface area contributed by atoms with Gasteiger partial charge in [-0.25, -0.2) is 5.01 Å². The van der Waals surface area contributed by atoms with Crippen molar-refractivity contribution in [3.8, 4) is 5.75 Å². The summed E-state index contributed by atoms with van der Waals surface area (Å²) in [5.74, 6) is 6.61. The second-order valence-electron chi connectivity index (χ2n) is 3.72. The number of ether oxygens (including phenoxy) is 1. The van der Waals surface area contributed by atoms with E-state index in [1.54, 1.807) is 7.11 Å². The lowest BCUT2D eigenvalue weighted by atomic mass is 10.2. The molecule has 1 aliphatic rings. The molecule has 2 rings (SSSR count). The van der Waals surface area contributed by atoms with Gasteiger partial charge < -0.3 is 9.64 Å². The topological polar surface area (TPSA) is 41.7 Å². The average molecular weight is 207 g/mol. The quantitative estimate of drug-likeness (QED) is 0.725. The third-order valence-electron chi connectivity index (χ3n) is 2.75. The fourth-order valence-electron chi connectivity index (χ4n) is 1.77. The van der Waals surface area contributed by atoms with Crippen molar-refractivity contribution in [1.29, 1.82) is 0 Å². The van der Waals surface area contributed by atoms with Gasteiger partial charge >= 0.3 is 0 Å². The lowest BCUT2D eigenvalue weighted by Crippen LogP contribution is -2.49. The van der Waals surface area contributed by atoms with Gasteiger partial charge in [-0.2, -0.15) is 0 Å². The van der Waals surface area contributed by atoms with Crippen LogP contribution in [0.1, 0.15) is 0 Å². The summed E-state index contributed by atoms with van der Waals surface area (Å²) in [6.45, 7) is 3.82. The van der Waals surface area contributed by atoms with Crippen LogP contribution in [-0.4, -0.2) is 38.3 Å². The molecular weight excluding hydrogens is 190 g/mol. The molecule has 0 atom stereocenters. The third kappa shape index (κ3) is 2.40. The van der Waals surface area contributed by atoms with Crippen molar-refractivity contribution in [2.24, 2.45) is 5.84 Å². The molecule has 1 saturated heterocycles. The molecule has 1 aromatic rings. The predicted molar refractivity (Wildman–Crippen MR) is 61.0 cm³/mol. The molecule has 0 saturated carbocycles. The maximum absolute atomic E-state index is 5.71. The summed E-state index contributed by atoms with van der Waals surface area (Å²) in [7, 11) is 1.68. The summed E-state index contributed by atoms with van der Waals surface area (Å²) in [4.78, 5) is 2.34. The molecule has 0 radical (unpaired) electrons. The predicted octanol–water partition coefficient (Wildman–Crippen LogP) is 0.691. The van der Waals surface area contributed by atoms with Gasteiger partial charge in [-0.15, -0.1) is 0 Å². The standard InChI is InChI=1S/C11H17N3O/c1-15-11-4-2-10(3-5-11)13-6-8-14(12)9-7-13/h2-5H,6-9,12H2,1H3. The zero-order valence-electron chi connectivity index (χ0n) is 9.02. The van der Waals surface area contributed by atoms with E-state index in [4.69, 9.17) is 10.6 Å². The number of hydrazine groups is 1. The Labute approximate surface area is 90.2 Å². The molecule has 0 aromatic heterocycles. The summed E-state index contributed by atoms with van der Waals surface area (Å²) >= 11 is 0. The highest BCUT2D eigenvalue weighted by Gasteiger charge is 2.14. The lowest BCUT2D eigenvalue weighted by Gasteiger charge is -2.33. The Morgan fingerprint density at radius 2 is 1.67 bits per heavy atom. The molecule has 0 aliphatic carbocycles. The normalized spacial score (nSPS) is 17.9. The van der Waals surface area contributed by atoms with E-state index in [0.717, 1.165) is 31.9 Å². The maximum atomic E-state index is 5.71.